The number of carbonyl (C=O) groups is 2. The molecule has 0 bridgehead atoms. The molecular weight excluding hydrogens is 393 g/mol. The minimum Gasteiger partial charge on any atom is -0.334 e. The zero-order valence-electron chi connectivity index (χ0n) is 13.7. The number of hydrogen-bond acceptors (Lipinski definition) is 3. The van der Waals surface area contributed by atoms with Crippen LogP contribution in [0.4, 0.5) is 16.2 Å². The van der Waals surface area contributed by atoms with Gasteiger partial charge in [0.05, 0.1) is 10.8 Å². The summed E-state index contributed by atoms with van der Waals surface area (Å²) in [5.41, 5.74) is 1.24. The Balaban J connectivity index is 1.84. The summed E-state index contributed by atoms with van der Waals surface area (Å²) in [5, 5.41) is 9.19. The summed E-state index contributed by atoms with van der Waals surface area (Å²) in [4.78, 5) is 24.4. The predicted molar refractivity (Wildman–Crippen MR) is 109 cm³/mol. The highest BCUT2D eigenvalue weighted by molar-refractivity contribution is 8.00. The molecule has 0 saturated carbocycles. The van der Waals surface area contributed by atoms with E-state index in [2.05, 4.69) is 22.5 Å². The molecular formula is C18H17Cl2N3O2S. The van der Waals surface area contributed by atoms with Crippen LogP contribution in [0.25, 0.3) is 0 Å². The molecule has 0 atom stereocenters. The number of rotatable bonds is 7. The van der Waals surface area contributed by atoms with Gasteiger partial charge < -0.3 is 16.0 Å². The lowest BCUT2D eigenvalue weighted by molar-refractivity contribution is -0.113. The van der Waals surface area contributed by atoms with E-state index in [1.54, 1.807) is 48.5 Å². The van der Waals surface area contributed by atoms with Gasteiger partial charge in [0.25, 0.3) is 0 Å². The van der Waals surface area contributed by atoms with Gasteiger partial charge >= 0.3 is 6.03 Å². The van der Waals surface area contributed by atoms with Crippen molar-refractivity contribution in [3.63, 3.8) is 0 Å². The molecule has 26 heavy (non-hydrogen) atoms. The lowest BCUT2D eigenvalue weighted by Crippen LogP contribution is -2.28. The third-order valence-corrected chi connectivity index (χ3v) is 4.82. The van der Waals surface area contributed by atoms with E-state index in [9.17, 15) is 9.59 Å². The molecule has 0 aromatic heterocycles. The molecule has 0 aliphatic heterocycles. The highest BCUT2D eigenvalue weighted by atomic mass is 35.5. The molecule has 0 spiro atoms. The summed E-state index contributed by atoms with van der Waals surface area (Å²) in [7, 11) is 0. The summed E-state index contributed by atoms with van der Waals surface area (Å²) >= 11 is 13.3. The van der Waals surface area contributed by atoms with Crippen LogP contribution in [0, 0.1) is 0 Å². The van der Waals surface area contributed by atoms with E-state index in [-0.39, 0.29) is 17.7 Å². The summed E-state index contributed by atoms with van der Waals surface area (Å²) in [5.74, 6) is 0.0276. The van der Waals surface area contributed by atoms with Crippen molar-refractivity contribution < 1.29 is 9.59 Å². The van der Waals surface area contributed by atoms with E-state index in [0.29, 0.717) is 28.0 Å². The fourth-order valence-electron chi connectivity index (χ4n) is 1.91. The first-order valence-corrected chi connectivity index (χ1v) is 9.35. The van der Waals surface area contributed by atoms with E-state index < -0.39 is 0 Å². The topological polar surface area (TPSA) is 70.2 Å². The third-order valence-electron chi connectivity index (χ3n) is 3.09. The smallest absolute Gasteiger partial charge is 0.319 e. The number of thioether (sulfide) groups is 1. The maximum Gasteiger partial charge on any atom is 0.319 e. The molecule has 0 radical (unpaired) electrons. The van der Waals surface area contributed by atoms with Crippen LogP contribution >= 0.6 is 35.0 Å². The van der Waals surface area contributed by atoms with Gasteiger partial charge in [0.1, 0.15) is 0 Å². The lowest BCUT2D eigenvalue weighted by atomic mass is 10.3. The summed E-state index contributed by atoms with van der Waals surface area (Å²) in [6, 6.07) is 11.6. The quantitative estimate of drug-likeness (QED) is 0.443. The number of halogens is 2. The number of benzene rings is 2. The second-order valence-electron chi connectivity index (χ2n) is 5.11. The van der Waals surface area contributed by atoms with Gasteiger partial charge in [-0.25, -0.2) is 4.79 Å². The first kappa shape index (κ1) is 20.2. The molecule has 3 amide bonds. The summed E-state index contributed by atoms with van der Waals surface area (Å²) in [6.45, 7) is 3.91. The fourth-order valence-corrected chi connectivity index (χ4v) is 3.20. The molecule has 0 aliphatic rings. The molecule has 2 aromatic carbocycles. The van der Waals surface area contributed by atoms with Gasteiger partial charge in [0.2, 0.25) is 5.91 Å². The average Bonchev–Trinajstić information content (AvgIpc) is 2.62. The summed E-state index contributed by atoms with van der Waals surface area (Å²) < 4.78 is 0. The Morgan fingerprint density at radius 1 is 1.04 bits per heavy atom. The third kappa shape index (κ3) is 6.63. The largest absolute Gasteiger partial charge is 0.334 e. The van der Waals surface area contributed by atoms with Gasteiger partial charge in [-0.05, 0) is 42.5 Å². The van der Waals surface area contributed by atoms with Crippen LogP contribution in [-0.4, -0.2) is 24.2 Å². The van der Waals surface area contributed by atoms with Gasteiger partial charge in [0, 0.05) is 27.8 Å². The minimum absolute atomic E-state index is 0.171. The number of carbonyl (C=O) groups excluding carboxylic acids is 2. The highest BCUT2D eigenvalue weighted by Gasteiger charge is 2.08. The molecule has 0 fully saturated rings. The fraction of sp³-hybridized carbons (Fsp3) is 0.111. The molecule has 2 rings (SSSR count). The molecule has 0 unspecified atom stereocenters. The normalized spacial score (nSPS) is 10.1. The number of hydrogen-bond donors (Lipinski definition) is 3. The monoisotopic (exact) mass is 409 g/mol. The van der Waals surface area contributed by atoms with E-state index in [1.165, 1.54) is 11.8 Å². The number of anilines is 2. The van der Waals surface area contributed by atoms with Crippen LogP contribution in [0.2, 0.25) is 10.0 Å². The van der Waals surface area contributed by atoms with Crippen LogP contribution in [0.3, 0.4) is 0 Å². The van der Waals surface area contributed by atoms with Crippen molar-refractivity contribution in [3.05, 3.63) is 65.2 Å². The minimum atomic E-state index is -0.323. The van der Waals surface area contributed by atoms with Gasteiger partial charge in [-0.2, -0.15) is 0 Å². The molecule has 8 heteroatoms. The summed E-state index contributed by atoms with van der Waals surface area (Å²) in [6.07, 6.45) is 1.59. The zero-order chi connectivity index (χ0) is 18.9. The Hall–Kier alpha value is -2.15. The second-order valence-corrected chi connectivity index (χ2v) is 6.97. The van der Waals surface area contributed by atoms with Gasteiger partial charge in [-0.1, -0.05) is 29.3 Å². The predicted octanol–water partition coefficient (Wildman–Crippen LogP) is 5.03. The Kier molecular flexibility index (Phi) is 7.84. The van der Waals surface area contributed by atoms with Gasteiger partial charge in [0.15, 0.2) is 0 Å². The standard InChI is InChI=1S/C18H17Cl2N3O2S/c1-2-9-21-18(25)23-14-6-4-13(5-7-14)22-17(24)11-26-16-10-12(19)3-8-15(16)20/h2-8,10H,1,9,11H2,(H,22,24)(H2,21,23,25). The van der Waals surface area contributed by atoms with Crippen molar-refractivity contribution in [2.45, 2.75) is 4.90 Å². The second kappa shape index (κ2) is 10.1. The van der Waals surface area contributed by atoms with Crippen molar-refractivity contribution >= 4 is 58.3 Å². The average molecular weight is 410 g/mol. The van der Waals surface area contributed by atoms with Gasteiger partial charge in [-0.3, -0.25) is 4.79 Å². The van der Waals surface area contributed by atoms with Crippen molar-refractivity contribution in [1.82, 2.24) is 5.32 Å². The van der Waals surface area contributed by atoms with Crippen LogP contribution in [0.15, 0.2) is 60.0 Å². The number of nitrogens with one attached hydrogen (secondary N) is 3. The maximum absolute atomic E-state index is 12.1. The Morgan fingerprint density at radius 3 is 2.35 bits per heavy atom. The van der Waals surface area contributed by atoms with Crippen molar-refractivity contribution in [2.24, 2.45) is 0 Å². The molecule has 2 aromatic rings. The first-order chi connectivity index (χ1) is 12.5. The first-order valence-electron chi connectivity index (χ1n) is 7.61. The van der Waals surface area contributed by atoms with Crippen molar-refractivity contribution in [2.75, 3.05) is 22.9 Å². The molecule has 136 valence electrons. The van der Waals surface area contributed by atoms with Crippen LogP contribution < -0.4 is 16.0 Å². The van der Waals surface area contributed by atoms with Crippen LogP contribution in [0.5, 0.6) is 0 Å². The van der Waals surface area contributed by atoms with Gasteiger partial charge in [-0.15, -0.1) is 18.3 Å². The van der Waals surface area contributed by atoms with E-state index in [1.807, 2.05) is 0 Å². The molecule has 0 aliphatic carbocycles. The van der Waals surface area contributed by atoms with Crippen molar-refractivity contribution in [1.29, 1.82) is 0 Å². The SMILES string of the molecule is C=CCNC(=O)Nc1ccc(NC(=O)CSc2cc(Cl)ccc2Cl)cc1. The number of amides is 3. The number of urea groups is 1. The zero-order valence-corrected chi connectivity index (χ0v) is 16.0. The van der Waals surface area contributed by atoms with E-state index in [0.717, 1.165) is 4.90 Å². The van der Waals surface area contributed by atoms with E-state index >= 15 is 0 Å². The Morgan fingerprint density at radius 2 is 1.69 bits per heavy atom. The van der Waals surface area contributed by atoms with Crippen molar-refractivity contribution in [3.8, 4) is 0 Å². The maximum atomic E-state index is 12.1. The lowest BCUT2D eigenvalue weighted by Gasteiger charge is -2.09. The Bertz CT molecular complexity index is 798. The molecule has 0 heterocycles. The highest BCUT2D eigenvalue weighted by Crippen LogP contribution is 2.29. The molecule has 0 saturated heterocycles. The van der Waals surface area contributed by atoms with Crippen LogP contribution in [0.1, 0.15) is 0 Å². The van der Waals surface area contributed by atoms with Crippen LogP contribution in [-0.2, 0) is 4.79 Å². The molecule has 3 N–H and O–H groups in total. The molecule has 5 nitrogen and oxygen atoms in total. The Labute approximate surface area is 166 Å². The van der Waals surface area contributed by atoms with E-state index in [4.69, 9.17) is 23.2 Å².